The van der Waals surface area contributed by atoms with Crippen molar-refractivity contribution < 1.29 is 28.6 Å². The van der Waals surface area contributed by atoms with Crippen molar-refractivity contribution in [3.63, 3.8) is 0 Å². The average molecular weight is 707 g/mol. The van der Waals surface area contributed by atoms with Crippen LogP contribution in [0.5, 0.6) is 11.5 Å². The van der Waals surface area contributed by atoms with Gasteiger partial charge in [0, 0.05) is 28.7 Å². The smallest absolute Gasteiger partial charge is 0.294 e. The van der Waals surface area contributed by atoms with Crippen LogP contribution < -0.4 is 19.7 Å². The van der Waals surface area contributed by atoms with Gasteiger partial charge in [-0.25, -0.2) is 0 Å². The molecule has 2 aliphatic rings. The number of amides is 3. The number of anilines is 2. The largest absolute Gasteiger partial charge is 0.493 e. The summed E-state index contributed by atoms with van der Waals surface area (Å²) in [6, 6.07) is 16.0. The van der Waals surface area contributed by atoms with Gasteiger partial charge in [-0.2, -0.15) is 0 Å². The molecule has 9 nitrogen and oxygen atoms in total. The molecule has 3 aromatic carbocycles. The van der Waals surface area contributed by atoms with Crippen LogP contribution in [0.15, 0.2) is 64.0 Å². The molecule has 43 heavy (non-hydrogen) atoms. The van der Waals surface area contributed by atoms with E-state index in [1.165, 1.54) is 7.11 Å². The molecule has 0 spiro atoms. The van der Waals surface area contributed by atoms with E-state index in [1.54, 1.807) is 42.5 Å². The van der Waals surface area contributed by atoms with Gasteiger partial charge in [0.2, 0.25) is 5.91 Å². The van der Waals surface area contributed by atoms with Gasteiger partial charge in [-0.15, -0.1) is 0 Å². The Balaban J connectivity index is 1.27. The molecule has 0 unspecified atom stereocenters. The van der Waals surface area contributed by atoms with Gasteiger partial charge in [0.1, 0.15) is 13.2 Å². The first-order chi connectivity index (χ1) is 20.7. The first-order valence-electron chi connectivity index (χ1n) is 13.1. The van der Waals surface area contributed by atoms with E-state index in [4.69, 9.17) is 37.4 Å². The fourth-order valence-electron chi connectivity index (χ4n) is 4.53. The highest BCUT2D eigenvalue weighted by Gasteiger charge is 2.36. The first kappa shape index (κ1) is 31.2. The number of morpholine rings is 1. The van der Waals surface area contributed by atoms with E-state index in [9.17, 15) is 14.4 Å². The number of para-hydroxylation sites is 2. The molecule has 2 saturated heterocycles. The normalized spacial score (nSPS) is 16.1. The van der Waals surface area contributed by atoms with E-state index in [0.29, 0.717) is 63.6 Å². The summed E-state index contributed by atoms with van der Waals surface area (Å²) in [4.78, 5) is 42.1. The molecule has 224 valence electrons. The molecule has 13 heteroatoms. The number of ether oxygens (including phenoxy) is 3. The van der Waals surface area contributed by atoms with E-state index >= 15 is 0 Å². The SMILES string of the molecule is COc1cc(/C=C2/SC(=O)N(CC(=O)Nc3ccccc3N3CCOCC3)C2=O)cc(Br)c1OCc1ccc(Cl)cc1Cl. The van der Waals surface area contributed by atoms with Gasteiger partial charge in [0.25, 0.3) is 11.1 Å². The monoisotopic (exact) mass is 705 g/mol. The van der Waals surface area contributed by atoms with Crippen molar-refractivity contribution in [2.75, 3.05) is 50.2 Å². The van der Waals surface area contributed by atoms with Gasteiger partial charge in [-0.1, -0.05) is 41.4 Å². The molecule has 3 aromatic rings. The minimum atomic E-state index is -0.556. The molecule has 0 radical (unpaired) electrons. The lowest BCUT2D eigenvalue weighted by atomic mass is 10.1. The van der Waals surface area contributed by atoms with Crippen molar-refractivity contribution in [1.29, 1.82) is 0 Å². The molecule has 0 atom stereocenters. The third-order valence-corrected chi connectivity index (χ3v) is 8.73. The summed E-state index contributed by atoms with van der Waals surface area (Å²) >= 11 is 16.5. The maximum absolute atomic E-state index is 13.2. The molecular weight excluding hydrogens is 681 g/mol. The zero-order chi connectivity index (χ0) is 30.5. The van der Waals surface area contributed by atoms with E-state index < -0.39 is 23.6 Å². The zero-order valence-electron chi connectivity index (χ0n) is 22.9. The predicted molar refractivity (Wildman–Crippen MR) is 172 cm³/mol. The molecule has 1 N–H and O–H groups in total. The lowest BCUT2D eigenvalue weighted by Gasteiger charge is -2.30. The maximum atomic E-state index is 13.2. The fourth-order valence-corrected chi connectivity index (χ4v) is 6.41. The minimum absolute atomic E-state index is 0.169. The number of carbonyl (C=O) groups excluding carboxylic acids is 3. The molecule has 2 heterocycles. The Kier molecular flexibility index (Phi) is 10.2. The molecule has 0 saturated carbocycles. The van der Waals surface area contributed by atoms with Crippen LogP contribution in [0, 0.1) is 0 Å². The van der Waals surface area contributed by atoms with E-state index in [-0.39, 0.29) is 11.5 Å². The lowest BCUT2D eigenvalue weighted by molar-refractivity contribution is -0.127. The number of hydrogen-bond acceptors (Lipinski definition) is 8. The van der Waals surface area contributed by atoms with Gasteiger partial charge in [0.15, 0.2) is 11.5 Å². The number of nitrogens with one attached hydrogen (secondary N) is 1. The Morgan fingerprint density at radius 2 is 1.88 bits per heavy atom. The number of halogens is 3. The summed E-state index contributed by atoms with van der Waals surface area (Å²) in [5.74, 6) is -0.188. The standard InChI is InChI=1S/C30H26BrCl2N3O6S/c1-40-25-13-18(12-21(31)28(25)42-17-19-6-7-20(32)15-22(19)33)14-26-29(38)36(30(39)43-26)16-27(37)34-23-4-2-3-5-24(23)35-8-10-41-11-9-35/h2-7,12-15H,8-11,16-17H2,1H3,(H,34,37)/b26-14+. The predicted octanol–water partition coefficient (Wildman–Crippen LogP) is 6.86. The second-order valence-corrected chi connectivity index (χ2v) is 12.2. The molecule has 3 amide bonds. The van der Waals surface area contributed by atoms with Crippen LogP contribution in [0.3, 0.4) is 0 Å². The van der Waals surface area contributed by atoms with Gasteiger partial charge < -0.3 is 24.4 Å². The average Bonchev–Trinajstić information content (AvgIpc) is 3.25. The van der Waals surface area contributed by atoms with Crippen LogP contribution in [-0.4, -0.2) is 61.9 Å². The summed E-state index contributed by atoms with van der Waals surface area (Å²) in [5, 5.41) is 3.32. The number of carbonyl (C=O) groups is 3. The van der Waals surface area contributed by atoms with Crippen LogP contribution >= 0.6 is 50.9 Å². The second kappa shape index (κ2) is 14.0. The molecule has 5 rings (SSSR count). The summed E-state index contributed by atoms with van der Waals surface area (Å²) in [7, 11) is 1.50. The molecule has 0 bridgehead atoms. The van der Waals surface area contributed by atoms with Gasteiger partial charge >= 0.3 is 0 Å². The number of imide groups is 1. The maximum Gasteiger partial charge on any atom is 0.294 e. The highest BCUT2D eigenvalue weighted by molar-refractivity contribution is 9.10. The Labute approximate surface area is 271 Å². The van der Waals surface area contributed by atoms with Crippen LogP contribution in [0.4, 0.5) is 16.2 Å². The summed E-state index contributed by atoms with van der Waals surface area (Å²) < 4.78 is 17.5. The third-order valence-electron chi connectivity index (χ3n) is 6.64. The Bertz CT molecular complexity index is 1600. The Morgan fingerprint density at radius 3 is 2.63 bits per heavy atom. The molecule has 2 aliphatic heterocycles. The van der Waals surface area contributed by atoms with Crippen molar-refractivity contribution in [3.05, 3.63) is 85.1 Å². The molecular formula is C30H26BrCl2N3O6S. The lowest BCUT2D eigenvalue weighted by Crippen LogP contribution is -2.38. The van der Waals surface area contributed by atoms with E-state index in [2.05, 4.69) is 26.1 Å². The number of benzene rings is 3. The van der Waals surface area contributed by atoms with Crippen LogP contribution in [0.1, 0.15) is 11.1 Å². The highest BCUT2D eigenvalue weighted by Crippen LogP contribution is 2.40. The van der Waals surface area contributed by atoms with Gasteiger partial charge in [0.05, 0.1) is 41.1 Å². The Morgan fingerprint density at radius 1 is 1.12 bits per heavy atom. The zero-order valence-corrected chi connectivity index (χ0v) is 26.8. The molecule has 0 aromatic heterocycles. The fraction of sp³-hybridized carbons (Fsp3) is 0.233. The molecule has 2 fully saturated rings. The van der Waals surface area contributed by atoms with Crippen molar-refractivity contribution in [2.45, 2.75) is 6.61 Å². The topological polar surface area (TPSA) is 97.4 Å². The summed E-state index contributed by atoms with van der Waals surface area (Å²) in [6.45, 7) is 2.36. The number of thioether (sulfide) groups is 1. The highest BCUT2D eigenvalue weighted by atomic mass is 79.9. The number of rotatable bonds is 9. The minimum Gasteiger partial charge on any atom is -0.493 e. The van der Waals surface area contributed by atoms with Crippen LogP contribution in [-0.2, 0) is 20.9 Å². The van der Waals surface area contributed by atoms with Crippen molar-refractivity contribution in [3.8, 4) is 11.5 Å². The van der Waals surface area contributed by atoms with Gasteiger partial charge in [-0.3, -0.25) is 19.3 Å². The van der Waals surface area contributed by atoms with Crippen molar-refractivity contribution in [1.82, 2.24) is 4.90 Å². The third kappa shape index (κ3) is 7.47. The molecule has 0 aliphatic carbocycles. The van der Waals surface area contributed by atoms with Gasteiger partial charge in [-0.05, 0) is 75.7 Å². The van der Waals surface area contributed by atoms with E-state index in [1.807, 2.05) is 18.2 Å². The number of hydrogen-bond donors (Lipinski definition) is 1. The second-order valence-electron chi connectivity index (χ2n) is 9.49. The van der Waals surface area contributed by atoms with E-state index in [0.717, 1.165) is 27.9 Å². The first-order valence-corrected chi connectivity index (χ1v) is 15.5. The Hall–Kier alpha value is -3.22. The van der Waals surface area contributed by atoms with Crippen LogP contribution in [0.2, 0.25) is 10.0 Å². The van der Waals surface area contributed by atoms with Crippen LogP contribution in [0.25, 0.3) is 6.08 Å². The number of methoxy groups -OCH3 is 1. The van der Waals surface area contributed by atoms with Crippen molar-refractivity contribution in [2.24, 2.45) is 0 Å². The summed E-state index contributed by atoms with van der Waals surface area (Å²) in [5.41, 5.74) is 2.80. The summed E-state index contributed by atoms with van der Waals surface area (Å²) in [6.07, 6.45) is 1.57. The number of nitrogens with zero attached hydrogens (tertiary/aromatic N) is 2. The quantitative estimate of drug-likeness (QED) is 0.241. The van der Waals surface area contributed by atoms with Crippen molar-refractivity contribution >= 4 is 85.4 Å².